The Labute approximate surface area is 176 Å². The molecule has 9 heteroatoms. The maximum Gasteiger partial charge on any atom is 0.419 e. The smallest absolute Gasteiger partial charge is 0.419 e. The highest BCUT2D eigenvalue weighted by Crippen LogP contribution is 2.15. The average molecular weight is 432 g/mol. The largest absolute Gasteiger partial charge is 0.465 e. The Balaban J connectivity index is 1.38. The second-order valence-electron chi connectivity index (χ2n) is 6.52. The van der Waals surface area contributed by atoms with Crippen molar-refractivity contribution in [3.8, 4) is 0 Å². The topological polar surface area (TPSA) is 90.5 Å². The minimum absolute atomic E-state index is 0.0596. The Bertz CT molecular complexity index is 1080. The second-order valence-corrected chi connectivity index (χ2v) is 7.85. The number of halogens is 1. The molecular weight excluding hydrogens is 411 g/mol. The maximum absolute atomic E-state index is 12.9. The first-order chi connectivity index (χ1) is 14.4. The predicted molar refractivity (Wildman–Crippen MR) is 113 cm³/mol. The van der Waals surface area contributed by atoms with Gasteiger partial charge in [-0.3, -0.25) is 14.2 Å². The first-order valence-electron chi connectivity index (χ1n) is 9.36. The Morgan fingerprint density at radius 3 is 2.70 bits per heavy atom. The fourth-order valence-corrected chi connectivity index (χ4v) is 3.42. The first kappa shape index (κ1) is 21.6. The van der Waals surface area contributed by atoms with E-state index in [0.29, 0.717) is 29.8 Å². The number of amides is 1. The van der Waals surface area contributed by atoms with E-state index in [1.54, 1.807) is 25.1 Å². The van der Waals surface area contributed by atoms with Gasteiger partial charge in [0, 0.05) is 12.2 Å². The van der Waals surface area contributed by atoms with Crippen LogP contribution < -0.4 is 11.1 Å². The first-order valence-corrected chi connectivity index (χ1v) is 10.4. The van der Waals surface area contributed by atoms with E-state index in [-0.39, 0.29) is 24.1 Å². The van der Waals surface area contributed by atoms with Crippen LogP contribution >= 0.6 is 11.8 Å². The number of ether oxygens (including phenoxy) is 1. The third-order valence-corrected chi connectivity index (χ3v) is 5.39. The van der Waals surface area contributed by atoms with Gasteiger partial charge in [-0.1, -0.05) is 12.1 Å². The van der Waals surface area contributed by atoms with E-state index in [2.05, 4.69) is 5.32 Å². The van der Waals surface area contributed by atoms with Gasteiger partial charge in [0.15, 0.2) is 5.58 Å². The Hall–Kier alpha value is -3.07. The van der Waals surface area contributed by atoms with E-state index in [0.717, 1.165) is 11.8 Å². The Morgan fingerprint density at radius 2 is 1.93 bits per heavy atom. The van der Waals surface area contributed by atoms with Crippen LogP contribution in [0, 0.1) is 5.82 Å². The normalized spacial score (nSPS) is 11.9. The van der Waals surface area contributed by atoms with Crippen molar-refractivity contribution < 1.29 is 23.1 Å². The van der Waals surface area contributed by atoms with Crippen LogP contribution in [-0.2, 0) is 20.9 Å². The van der Waals surface area contributed by atoms with Crippen LogP contribution in [0.3, 0.4) is 0 Å². The summed E-state index contributed by atoms with van der Waals surface area (Å²) in [4.78, 5) is 35.9. The number of thioether (sulfide) groups is 1. The van der Waals surface area contributed by atoms with E-state index in [9.17, 15) is 18.8 Å². The lowest BCUT2D eigenvalue weighted by Crippen LogP contribution is -2.22. The van der Waals surface area contributed by atoms with E-state index in [4.69, 9.17) is 9.15 Å². The molecule has 0 spiro atoms. The number of anilines is 1. The van der Waals surface area contributed by atoms with Crippen LogP contribution in [0.2, 0.25) is 0 Å². The Kier molecular flexibility index (Phi) is 7.29. The highest BCUT2D eigenvalue weighted by atomic mass is 32.2. The van der Waals surface area contributed by atoms with Crippen molar-refractivity contribution in [2.24, 2.45) is 0 Å². The third kappa shape index (κ3) is 5.73. The van der Waals surface area contributed by atoms with Gasteiger partial charge < -0.3 is 14.5 Å². The molecule has 0 aliphatic heterocycles. The van der Waals surface area contributed by atoms with Crippen LogP contribution in [-0.4, -0.2) is 34.1 Å². The summed E-state index contributed by atoms with van der Waals surface area (Å²) < 4.78 is 24.8. The number of hydrogen-bond acceptors (Lipinski definition) is 6. The summed E-state index contributed by atoms with van der Waals surface area (Å²) in [6.45, 7) is 2.18. The monoisotopic (exact) mass is 432 g/mol. The van der Waals surface area contributed by atoms with Crippen molar-refractivity contribution in [3.05, 3.63) is 64.9 Å². The van der Waals surface area contributed by atoms with Crippen molar-refractivity contribution in [1.82, 2.24) is 4.57 Å². The molecule has 0 saturated heterocycles. The van der Waals surface area contributed by atoms with Crippen molar-refractivity contribution in [1.29, 1.82) is 0 Å². The molecule has 0 aliphatic carbocycles. The quantitative estimate of drug-likeness (QED) is 0.412. The zero-order valence-electron chi connectivity index (χ0n) is 16.3. The fraction of sp³-hybridized carbons (Fsp3) is 0.286. The van der Waals surface area contributed by atoms with Gasteiger partial charge in [-0.25, -0.2) is 9.18 Å². The molecule has 2 aromatic carbocycles. The van der Waals surface area contributed by atoms with Crippen LogP contribution in [0.1, 0.15) is 13.3 Å². The SMILES string of the molecule is CC(SCC(=O)Nc1ccc(F)cc1)C(=O)OCCCn1c(=O)oc2ccccc21. The number of oxazole rings is 1. The summed E-state index contributed by atoms with van der Waals surface area (Å²) in [5.41, 5.74) is 1.70. The molecule has 0 saturated carbocycles. The molecule has 0 fully saturated rings. The van der Waals surface area contributed by atoms with E-state index in [1.807, 2.05) is 6.07 Å². The van der Waals surface area contributed by atoms with E-state index >= 15 is 0 Å². The number of nitrogens with zero attached hydrogens (tertiary/aromatic N) is 1. The molecule has 0 bridgehead atoms. The average Bonchev–Trinajstić information content (AvgIpc) is 3.06. The fourth-order valence-electron chi connectivity index (χ4n) is 2.74. The van der Waals surface area contributed by atoms with E-state index in [1.165, 1.54) is 28.8 Å². The van der Waals surface area contributed by atoms with Gasteiger partial charge in [-0.15, -0.1) is 11.8 Å². The number of rotatable bonds is 9. The maximum atomic E-state index is 12.9. The lowest BCUT2D eigenvalue weighted by Gasteiger charge is -2.11. The van der Waals surface area contributed by atoms with Gasteiger partial charge in [0.1, 0.15) is 11.1 Å². The molecule has 1 aromatic heterocycles. The number of aryl methyl sites for hydroxylation is 1. The summed E-state index contributed by atoms with van der Waals surface area (Å²) in [6.07, 6.45) is 0.456. The number of hydrogen-bond donors (Lipinski definition) is 1. The van der Waals surface area contributed by atoms with Crippen molar-refractivity contribution in [3.63, 3.8) is 0 Å². The molecule has 0 radical (unpaired) electrons. The molecule has 7 nitrogen and oxygen atoms in total. The summed E-state index contributed by atoms with van der Waals surface area (Å²) in [5, 5.41) is 2.10. The zero-order chi connectivity index (χ0) is 21.5. The van der Waals surface area contributed by atoms with Gasteiger partial charge in [-0.2, -0.15) is 0 Å². The molecule has 158 valence electrons. The number of nitrogens with one attached hydrogen (secondary N) is 1. The highest BCUT2D eigenvalue weighted by molar-refractivity contribution is 8.01. The number of benzene rings is 2. The summed E-state index contributed by atoms with van der Waals surface area (Å²) in [7, 11) is 0. The zero-order valence-corrected chi connectivity index (χ0v) is 17.1. The van der Waals surface area contributed by atoms with Crippen molar-refractivity contribution in [2.75, 3.05) is 17.7 Å². The second kappa shape index (κ2) is 10.1. The van der Waals surface area contributed by atoms with Gasteiger partial charge >= 0.3 is 11.7 Å². The molecule has 1 N–H and O–H groups in total. The van der Waals surface area contributed by atoms with Crippen LogP contribution in [0.15, 0.2) is 57.7 Å². The lowest BCUT2D eigenvalue weighted by atomic mass is 10.3. The molecule has 1 amide bonds. The molecule has 0 aliphatic rings. The number of carbonyl (C=O) groups is 2. The molecule has 1 atom stereocenters. The number of esters is 1. The standard InChI is InChI=1S/C21H21FN2O5S/c1-14(30-13-19(25)23-16-9-7-15(22)8-10-16)20(26)28-12-4-11-24-17-5-2-3-6-18(17)29-21(24)27/h2-3,5-10,14H,4,11-13H2,1H3,(H,23,25). The number of aromatic nitrogens is 1. The van der Waals surface area contributed by atoms with Crippen molar-refractivity contribution >= 4 is 40.4 Å². The highest BCUT2D eigenvalue weighted by Gasteiger charge is 2.17. The van der Waals surface area contributed by atoms with Gasteiger partial charge in [-0.05, 0) is 49.7 Å². The van der Waals surface area contributed by atoms with Crippen molar-refractivity contribution in [2.45, 2.75) is 25.1 Å². The number of carbonyl (C=O) groups excluding carboxylic acids is 2. The van der Waals surface area contributed by atoms with Crippen LogP contribution in [0.25, 0.3) is 11.1 Å². The van der Waals surface area contributed by atoms with Gasteiger partial charge in [0.25, 0.3) is 0 Å². The lowest BCUT2D eigenvalue weighted by molar-refractivity contribution is -0.142. The van der Waals surface area contributed by atoms with Crippen LogP contribution in [0.4, 0.5) is 10.1 Å². The molecule has 1 heterocycles. The third-order valence-electron chi connectivity index (χ3n) is 4.27. The van der Waals surface area contributed by atoms with Gasteiger partial charge in [0.2, 0.25) is 5.91 Å². The molecule has 3 rings (SSSR count). The number of fused-ring (bicyclic) bond motifs is 1. The Morgan fingerprint density at radius 1 is 1.20 bits per heavy atom. The summed E-state index contributed by atoms with van der Waals surface area (Å²) in [6, 6.07) is 12.6. The van der Waals surface area contributed by atoms with Gasteiger partial charge in [0.05, 0.1) is 17.9 Å². The number of para-hydroxylation sites is 2. The van der Waals surface area contributed by atoms with Crippen LogP contribution in [0.5, 0.6) is 0 Å². The molecular formula is C21H21FN2O5S. The molecule has 30 heavy (non-hydrogen) atoms. The molecule has 1 unspecified atom stereocenters. The summed E-state index contributed by atoms with van der Waals surface area (Å²) in [5.74, 6) is -1.50. The predicted octanol–water partition coefficient (Wildman–Crippen LogP) is 3.43. The minimum Gasteiger partial charge on any atom is -0.465 e. The minimum atomic E-state index is -0.526. The molecule has 3 aromatic rings. The summed E-state index contributed by atoms with van der Waals surface area (Å²) >= 11 is 1.14. The van der Waals surface area contributed by atoms with E-state index < -0.39 is 17.0 Å².